The van der Waals surface area contributed by atoms with E-state index in [1.807, 2.05) is 13.0 Å². The number of methoxy groups -OCH3 is 1. The van der Waals surface area contributed by atoms with E-state index in [1.54, 1.807) is 30.1 Å². The largest absolute Gasteiger partial charge is 0.496 e. The summed E-state index contributed by atoms with van der Waals surface area (Å²) in [4.78, 5) is 11.0. The smallest absolute Gasteiger partial charge is 0.335 e. The number of hydrogen-bond acceptors (Lipinski definition) is 3. The van der Waals surface area contributed by atoms with E-state index in [0.29, 0.717) is 12.3 Å². The van der Waals surface area contributed by atoms with E-state index >= 15 is 0 Å². The number of aromatic carboxylic acids is 1. The van der Waals surface area contributed by atoms with Crippen LogP contribution in [0.15, 0.2) is 30.5 Å². The Labute approximate surface area is 105 Å². The number of rotatable bonds is 4. The number of carboxylic acid groups (broad SMARTS) is 1. The molecule has 2 aromatic rings. The highest BCUT2D eigenvalue weighted by molar-refractivity contribution is 5.90. The van der Waals surface area contributed by atoms with Crippen molar-refractivity contribution in [3.8, 4) is 17.0 Å². The molecular weight excluding hydrogens is 232 g/mol. The lowest BCUT2D eigenvalue weighted by molar-refractivity contribution is 0.0697. The minimum Gasteiger partial charge on any atom is -0.496 e. The van der Waals surface area contributed by atoms with E-state index in [0.717, 1.165) is 11.3 Å². The van der Waals surface area contributed by atoms with Gasteiger partial charge in [0.1, 0.15) is 5.75 Å². The topological polar surface area (TPSA) is 64.4 Å². The molecule has 0 fully saturated rings. The Morgan fingerprint density at radius 3 is 2.83 bits per heavy atom. The fraction of sp³-hybridized carbons (Fsp3) is 0.231. The number of carboxylic acids is 1. The molecule has 94 valence electrons. The molecule has 0 saturated carbocycles. The van der Waals surface area contributed by atoms with Gasteiger partial charge in [-0.15, -0.1) is 0 Å². The number of hydrogen-bond donors (Lipinski definition) is 1. The first kappa shape index (κ1) is 12.2. The van der Waals surface area contributed by atoms with Crippen LogP contribution in [0.3, 0.4) is 0 Å². The Balaban J connectivity index is 2.60. The van der Waals surface area contributed by atoms with Crippen LogP contribution in [-0.4, -0.2) is 28.0 Å². The zero-order valence-electron chi connectivity index (χ0n) is 10.3. The van der Waals surface area contributed by atoms with Gasteiger partial charge in [0.15, 0.2) is 0 Å². The molecule has 0 saturated heterocycles. The van der Waals surface area contributed by atoms with Gasteiger partial charge in [-0.1, -0.05) is 0 Å². The average molecular weight is 246 g/mol. The van der Waals surface area contributed by atoms with Crippen molar-refractivity contribution in [1.29, 1.82) is 0 Å². The van der Waals surface area contributed by atoms with Crippen LogP contribution in [0.5, 0.6) is 5.75 Å². The van der Waals surface area contributed by atoms with Crippen LogP contribution < -0.4 is 4.74 Å². The molecule has 2 rings (SSSR count). The first-order chi connectivity index (χ1) is 8.67. The van der Waals surface area contributed by atoms with Gasteiger partial charge < -0.3 is 9.84 Å². The standard InChI is InChI=1S/C13H14N2O3/c1-3-15-11(6-7-14-15)10-8-9(13(16)17)4-5-12(10)18-2/h4-8H,3H2,1-2H3,(H,16,17). The lowest BCUT2D eigenvalue weighted by Crippen LogP contribution is -2.02. The van der Waals surface area contributed by atoms with E-state index in [2.05, 4.69) is 5.10 Å². The van der Waals surface area contributed by atoms with Gasteiger partial charge in [0, 0.05) is 18.3 Å². The van der Waals surface area contributed by atoms with Crippen LogP contribution in [0.1, 0.15) is 17.3 Å². The number of aryl methyl sites for hydroxylation is 1. The summed E-state index contributed by atoms with van der Waals surface area (Å²) >= 11 is 0. The maximum Gasteiger partial charge on any atom is 0.335 e. The van der Waals surface area contributed by atoms with E-state index in [4.69, 9.17) is 9.84 Å². The van der Waals surface area contributed by atoms with E-state index in [1.165, 1.54) is 6.07 Å². The molecule has 1 heterocycles. The van der Waals surface area contributed by atoms with Crippen molar-refractivity contribution in [3.63, 3.8) is 0 Å². The van der Waals surface area contributed by atoms with Gasteiger partial charge in [0.25, 0.3) is 0 Å². The minimum atomic E-state index is -0.957. The summed E-state index contributed by atoms with van der Waals surface area (Å²) in [5.41, 5.74) is 1.81. The molecule has 0 aliphatic rings. The van der Waals surface area contributed by atoms with Crippen molar-refractivity contribution in [2.45, 2.75) is 13.5 Å². The zero-order valence-corrected chi connectivity index (χ0v) is 10.3. The van der Waals surface area contributed by atoms with Crippen LogP contribution in [0.4, 0.5) is 0 Å². The molecule has 1 N–H and O–H groups in total. The summed E-state index contributed by atoms with van der Waals surface area (Å²) in [6.07, 6.45) is 1.69. The number of benzene rings is 1. The summed E-state index contributed by atoms with van der Waals surface area (Å²) in [5.74, 6) is -0.323. The third kappa shape index (κ3) is 2.07. The van der Waals surface area contributed by atoms with Gasteiger partial charge in [-0.25, -0.2) is 4.79 Å². The van der Waals surface area contributed by atoms with Crippen LogP contribution >= 0.6 is 0 Å². The predicted molar refractivity (Wildman–Crippen MR) is 66.8 cm³/mol. The molecule has 0 unspecified atom stereocenters. The van der Waals surface area contributed by atoms with Gasteiger partial charge in [0.05, 0.1) is 18.4 Å². The number of ether oxygens (including phenoxy) is 1. The van der Waals surface area contributed by atoms with Gasteiger partial charge in [-0.3, -0.25) is 4.68 Å². The first-order valence-corrected chi connectivity index (χ1v) is 5.61. The minimum absolute atomic E-state index is 0.231. The zero-order chi connectivity index (χ0) is 13.1. The quantitative estimate of drug-likeness (QED) is 0.898. The summed E-state index contributed by atoms with van der Waals surface area (Å²) in [5, 5.41) is 13.2. The molecule has 5 heteroatoms. The Hall–Kier alpha value is -2.30. The molecule has 18 heavy (non-hydrogen) atoms. The maximum absolute atomic E-state index is 11.0. The van der Waals surface area contributed by atoms with Gasteiger partial charge in [0.2, 0.25) is 0 Å². The molecular formula is C13H14N2O3. The first-order valence-electron chi connectivity index (χ1n) is 5.61. The third-order valence-electron chi connectivity index (χ3n) is 2.74. The fourth-order valence-electron chi connectivity index (χ4n) is 1.85. The maximum atomic E-state index is 11.0. The number of nitrogens with zero attached hydrogens (tertiary/aromatic N) is 2. The Morgan fingerprint density at radius 2 is 2.22 bits per heavy atom. The van der Waals surface area contributed by atoms with Crippen LogP contribution in [0.2, 0.25) is 0 Å². The second kappa shape index (κ2) is 4.91. The van der Waals surface area contributed by atoms with Crippen molar-refractivity contribution in [1.82, 2.24) is 9.78 Å². The summed E-state index contributed by atoms with van der Waals surface area (Å²) in [6, 6.07) is 6.63. The van der Waals surface area contributed by atoms with Crippen molar-refractivity contribution in [2.75, 3.05) is 7.11 Å². The van der Waals surface area contributed by atoms with E-state index < -0.39 is 5.97 Å². The molecule has 1 aromatic heterocycles. The molecule has 5 nitrogen and oxygen atoms in total. The molecule has 0 radical (unpaired) electrons. The monoisotopic (exact) mass is 246 g/mol. The highest BCUT2D eigenvalue weighted by atomic mass is 16.5. The fourth-order valence-corrected chi connectivity index (χ4v) is 1.85. The molecule has 0 bridgehead atoms. The molecule has 1 aromatic carbocycles. The molecule has 0 amide bonds. The second-order valence-electron chi connectivity index (χ2n) is 3.75. The van der Waals surface area contributed by atoms with Gasteiger partial charge in [-0.05, 0) is 31.2 Å². The van der Waals surface area contributed by atoms with Gasteiger partial charge in [-0.2, -0.15) is 5.10 Å². The van der Waals surface area contributed by atoms with Crippen LogP contribution in [0.25, 0.3) is 11.3 Å². The van der Waals surface area contributed by atoms with Gasteiger partial charge >= 0.3 is 5.97 Å². The lowest BCUT2D eigenvalue weighted by atomic mass is 10.1. The van der Waals surface area contributed by atoms with Crippen LogP contribution in [-0.2, 0) is 6.54 Å². The highest BCUT2D eigenvalue weighted by Gasteiger charge is 2.13. The Bertz CT molecular complexity index is 575. The van der Waals surface area contributed by atoms with Crippen molar-refractivity contribution in [2.24, 2.45) is 0 Å². The van der Waals surface area contributed by atoms with Crippen molar-refractivity contribution < 1.29 is 14.6 Å². The average Bonchev–Trinajstić information content (AvgIpc) is 2.85. The molecule has 0 spiro atoms. The number of carbonyl (C=O) groups is 1. The Morgan fingerprint density at radius 1 is 1.44 bits per heavy atom. The third-order valence-corrected chi connectivity index (χ3v) is 2.74. The SMILES string of the molecule is CCn1nccc1-c1cc(C(=O)O)ccc1OC. The highest BCUT2D eigenvalue weighted by Crippen LogP contribution is 2.30. The Kier molecular flexibility index (Phi) is 3.32. The van der Waals surface area contributed by atoms with E-state index in [-0.39, 0.29) is 5.56 Å². The summed E-state index contributed by atoms with van der Waals surface area (Å²) in [6.45, 7) is 2.69. The lowest BCUT2D eigenvalue weighted by Gasteiger charge is -2.10. The van der Waals surface area contributed by atoms with E-state index in [9.17, 15) is 4.79 Å². The molecule has 0 aliphatic heterocycles. The normalized spacial score (nSPS) is 10.3. The second-order valence-corrected chi connectivity index (χ2v) is 3.75. The van der Waals surface area contributed by atoms with Crippen molar-refractivity contribution >= 4 is 5.97 Å². The molecule has 0 aliphatic carbocycles. The number of aromatic nitrogens is 2. The summed E-state index contributed by atoms with van der Waals surface area (Å²) < 4.78 is 7.06. The molecule has 0 atom stereocenters. The van der Waals surface area contributed by atoms with Crippen molar-refractivity contribution in [3.05, 3.63) is 36.0 Å². The predicted octanol–water partition coefficient (Wildman–Crippen LogP) is 2.28. The van der Waals surface area contributed by atoms with Crippen LogP contribution in [0, 0.1) is 0 Å². The summed E-state index contributed by atoms with van der Waals surface area (Å²) in [7, 11) is 1.56.